The molecule has 1 fully saturated rings. The summed E-state index contributed by atoms with van der Waals surface area (Å²) in [6, 6.07) is 9.36. The molecule has 5 atom stereocenters. The van der Waals surface area contributed by atoms with Gasteiger partial charge >= 0.3 is 17.9 Å². The van der Waals surface area contributed by atoms with Crippen molar-refractivity contribution in [2.24, 2.45) is 0 Å². The van der Waals surface area contributed by atoms with E-state index in [0.717, 1.165) is 5.56 Å². The van der Waals surface area contributed by atoms with E-state index in [1.807, 2.05) is 30.3 Å². The van der Waals surface area contributed by atoms with Gasteiger partial charge in [-0.2, -0.15) is 0 Å². The van der Waals surface area contributed by atoms with Gasteiger partial charge in [-0.3, -0.25) is 14.4 Å². The number of rotatable bonds is 6. The van der Waals surface area contributed by atoms with Crippen LogP contribution in [0, 0.1) is 0 Å². The normalized spacial score (nSPS) is 27.5. The highest BCUT2D eigenvalue weighted by Gasteiger charge is 2.50. The Hall–Kier alpha value is -2.45. The fourth-order valence-corrected chi connectivity index (χ4v) is 2.86. The molecule has 0 radical (unpaired) electrons. The summed E-state index contributed by atoms with van der Waals surface area (Å²) in [5, 5.41) is 0. The monoisotopic (exact) mass is 380 g/mol. The summed E-state index contributed by atoms with van der Waals surface area (Å²) >= 11 is 0. The summed E-state index contributed by atoms with van der Waals surface area (Å²) in [5.41, 5.74) is 0.890. The number of ether oxygens (including phenoxy) is 5. The molecule has 0 bridgehead atoms. The second-order valence-corrected chi connectivity index (χ2v) is 6.23. The van der Waals surface area contributed by atoms with Crippen molar-refractivity contribution >= 4 is 17.9 Å². The number of esters is 3. The summed E-state index contributed by atoms with van der Waals surface area (Å²) in [6.07, 6.45) is -4.73. The minimum Gasteiger partial charge on any atom is -0.456 e. The van der Waals surface area contributed by atoms with Crippen LogP contribution in [0.1, 0.15) is 33.3 Å². The van der Waals surface area contributed by atoms with E-state index in [4.69, 9.17) is 23.7 Å². The van der Waals surface area contributed by atoms with E-state index in [2.05, 4.69) is 0 Å². The molecule has 8 heteroatoms. The fraction of sp³-hybridized carbons (Fsp3) is 0.526. The molecular formula is C19H24O8. The van der Waals surface area contributed by atoms with Gasteiger partial charge in [0.2, 0.25) is 0 Å². The first-order valence-electron chi connectivity index (χ1n) is 8.60. The first-order valence-corrected chi connectivity index (χ1v) is 8.60. The Bertz CT molecular complexity index is 659. The minimum atomic E-state index is -1.09. The molecule has 1 aromatic carbocycles. The third-order valence-corrected chi connectivity index (χ3v) is 3.89. The topological polar surface area (TPSA) is 97.4 Å². The third kappa shape index (κ3) is 6.04. The molecule has 1 aliphatic rings. The molecule has 0 saturated carbocycles. The lowest BCUT2D eigenvalue weighted by atomic mass is 9.99. The second kappa shape index (κ2) is 9.48. The standard InChI is InChI=1S/C19H24O8/c1-11-16(25-12(2)20)17(26-13(3)21)18(27-14(4)22)19(24-11)23-10-15-8-6-5-7-9-15/h5-9,11,16-19H,10H2,1-4H3. The summed E-state index contributed by atoms with van der Waals surface area (Å²) in [7, 11) is 0. The van der Waals surface area contributed by atoms with Gasteiger partial charge in [-0.1, -0.05) is 30.3 Å². The molecule has 1 aliphatic heterocycles. The van der Waals surface area contributed by atoms with Crippen molar-refractivity contribution in [1.29, 1.82) is 0 Å². The summed E-state index contributed by atoms with van der Waals surface area (Å²) in [4.78, 5) is 34.6. The average molecular weight is 380 g/mol. The smallest absolute Gasteiger partial charge is 0.303 e. The van der Waals surface area contributed by atoms with Crippen LogP contribution < -0.4 is 0 Å². The zero-order chi connectivity index (χ0) is 20.0. The van der Waals surface area contributed by atoms with Crippen LogP contribution in [0.4, 0.5) is 0 Å². The molecule has 1 heterocycles. The molecule has 0 spiro atoms. The van der Waals surface area contributed by atoms with Crippen molar-refractivity contribution in [3.63, 3.8) is 0 Å². The molecule has 2 rings (SSSR count). The van der Waals surface area contributed by atoms with Gasteiger partial charge in [0.05, 0.1) is 12.7 Å². The van der Waals surface area contributed by atoms with Crippen LogP contribution in [-0.4, -0.2) is 48.6 Å². The molecule has 1 saturated heterocycles. The number of carbonyl (C=O) groups is 3. The van der Waals surface area contributed by atoms with Gasteiger partial charge in [0, 0.05) is 20.8 Å². The Balaban J connectivity index is 2.24. The van der Waals surface area contributed by atoms with E-state index in [9.17, 15) is 14.4 Å². The van der Waals surface area contributed by atoms with Gasteiger partial charge in [-0.25, -0.2) is 0 Å². The maximum atomic E-state index is 11.6. The molecular weight excluding hydrogens is 356 g/mol. The maximum Gasteiger partial charge on any atom is 0.303 e. The van der Waals surface area contributed by atoms with Crippen molar-refractivity contribution in [3.05, 3.63) is 35.9 Å². The van der Waals surface area contributed by atoms with Crippen molar-refractivity contribution < 1.29 is 38.1 Å². The van der Waals surface area contributed by atoms with Crippen LogP contribution in [0.5, 0.6) is 0 Å². The van der Waals surface area contributed by atoms with Gasteiger partial charge in [-0.15, -0.1) is 0 Å². The van der Waals surface area contributed by atoms with Gasteiger partial charge in [0.1, 0.15) is 0 Å². The molecule has 1 aromatic rings. The maximum absolute atomic E-state index is 11.6. The van der Waals surface area contributed by atoms with E-state index in [0.29, 0.717) is 0 Å². The lowest BCUT2D eigenvalue weighted by molar-refractivity contribution is -0.303. The minimum absolute atomic E-state index is 0.195. The Morgan fingerprint density at radius 2 is 1.37 bits per heavy atom. The van der Waals surface area contributed by atoms with Crippen LogP contribution in [0.25, 0.3) is 0 Å². The molecule has 0 amide bonds. The van der Waals surface area contributed by atoms with E-state index in [1.165, 1.54) is 20.8 Å². The number of hydrogen-bond acceptors (Lipinski definition) is 8. The Morgan fingerprint density at radius 1 is 0.852 bits per heavy atom. The van der Waals surface area contributed by atoms with Crippen LogP contribution in [0.3, 0.4) is 0 Å². The number of benzene rings is 1. The van der Waals surface area contributed by atoms with Crippen molar-refractivity contribution in [1.82, 2.24) is 0 Å². The van der Waals surface area contributed by atoms with E-state index < -0.39 is 48.6 Å². The highest BCUT2D eigenvalue weighted by Crippen LogP contribution is 2.29. The molecule has 8 nitrogen and oxygen atoms in total. The zero-order valence-corrected chi connectivity index (χ0v) is 15.7. The molecule has 5 unspecified atom stereocenters. The lowest BCUT2D eigenvalue weighted by Gasteiger charge is -2.43. The van der Waals surface area contributed by atoms with Crippen molar-refractivity contribution in [2.45, 2.75) is 65.0 Å². The first-order chi connectivity index (χ1) is 12.8. The average Bonchev–Trinajstić information content (AvgIpc) is 2.59. The Kier molecular flexibility index (Phi) is 7.32. The van der Waals surface area contributed by atoms with Crippen LogP contribution in [0.2, 0.25) is 0 Å². The predicted octanol–water partition coefficient (Wildman–Crippen LogP) is 1.74. The quantitative estimate of drug-likeness (QED) is 0.544. The molecule has 0 aliphatic carbocycles. The fourth-order valence-electron chi connectivity index (χ4n) is 2.86. The van der Waals surface area contributed by atoms with Crippen LogP contribution in [-0.2, 0) is 44.7 Å². The van der Waals surface area contributed by atoms with E-state index >= 15 is 0 Å². The van der Waals surface area contributed by atoms with Crippen molar-refractivity contribution in [2.75, 3.05) is 0 Å². The van der Waals surface area contributed by atoms with Gasteiger partial charge in [0.25, 0.3) is 0 Å². The summed E-state index contributed by atoms with van der Waals surface area (Å²) < 4.78 is 27.4. The van der Waals surface area contributed by atoms with Gasteiger partial charge < -0.3 is 23.7 Å². The highest BCUT2D eigenvalue weighted by atomic mass is 16.7. The molecule has 0 N–H and O–H groups in total. The Labute approximate surface area is 157 Å². The summed E-state index contributed by atoms with van der Waals surface area (Å²) in [5.74, 6) is -1.78. The van der Waals surface area contributed by atoms with E-state index in [-0.39, 0.29) is 6.61 Å². The third-order valence-electron chi connectivity index (χ3n) is 3.89. The zero-order valence-electron chi connectivity index (χ0n) is 15.7. The highest BCUT2D eigenvalue weighted by molar-refractivity contribution is 5.68. The van der Waals surface area contributed by atoms with Gasteiger partial charge in [0.15, 0.2) is 24.6 Å². The molecule has 0 aromatic heterocycles. The van der Waals surface area contributed by atoms with E-state index in [1.54, 1.807) is 6.92 Å². The SMILES string of the molecule is CC(=O)OC1C(C)OC(OCc2ccccc2)C(OC(C)=O)C1OC(C)=O. The Morgan fingerprint density at radius 3 is 1.93 bits per heavy atom. The molecule has 148 valence electrons. The van der Waals surface area contributed by atoms with Crippen LogP contribution in [0.15, 0.2) is 30.3 Å². The predicted molar refractivity (Wildman–Crippen MR) is 92.2 cm³/mol. The largest absolute Gasteiger partial charge is 0.456 e. The number of carbonyl (C=O) groups excluding carboxylic acids is 3. The number of hydrogen-bond donors (Lipinski definition) is 0. The lowest BCUT2D eigenvalue weighted by Crippen LogP contribution is -2.61. The van der Waals surface area contributed by atoms with Gasteiger partial charge in [-0.05, 0) is 12.5 Å². The van der Waals surface area contributed by atoms with Crippen molar-refractivity contribution in [3.8, 4) is 0 Å². The second-order valence-electron chi connectivity index (χ2n) is 6.23. The summed E-state index contributed by atoms with van der Waals surface area (Å²) in [6.45, 7) is 5.53. The first kappa shape index (κ1) is 20.9. The molecule has 27 heavy (non-hydrogen) atoms. The van der Waals surface area contributed by atoms with Crippen LogP contribution >= 0.6 is 0 Å².